The van der Waals surface area contributed by atoms with Gasteiger partial charge in [0.15, 0.2) is 0 Å². The molecule has 0 radical (unpaired) electrons. The Morgan fingerprint density at radius 2 is 1.71 bits per heavy atom. The maximum Gasteiger partial charge on any atom is 0.227 e. The quantitative estimate of drug-likeness (QED) is 0.757. The number of nitrogens with zero attached hydrogens (tertiary/aromatic N) is 1. The van der Waals surface area contributed by atoms with Crippen LogP contribution in [0.3, 0.4) is 0 Å². The summed E-state index contributed by atoms with van der Waals surface area (Å²) in [5.74, 6) is -0.413. The molecule has 0 bridgehead atoms. The molecule has 0 spiro atoms. The molecule has 2 aromatic carbocycles. The van der Waals surface area contributed by atoms with E-state index in [1.165, 1.54) is 30.5 Å². The fourth-order valence-electron chi connectivity index (χ4n) is 5.12. The summed E-state index contributed by atoms with van der Waals surface area (Å²) in [5.41, 5.74) is 2.14. The van der Waals surface area contributed by atoms with E-state index in [2.05, 4.69) is 29.6 Å². The molecule has 1 saturated carbocycles. The largest absolute Gasteiger partial charge is 0.355 e. The number of nitrogens with one attached hydrogen (secondary N) is 1. The second-order valence-electron chi connectivity index (χ2n) is 9.05. The molecule has 1 aliphatic carbocycles. The van der Waals surface area contributed by atoms with Gasteiger partial charge in [0, 0.05) is 25.0 Å². The topological polar surface area (TPSA) is 49.4 Å². The van der Waals surface area contributed by atoms with Gasteiger partial charge >= 0.3 is 0 Å². The summed E-state index contributed by atoms with van der Waals surface area (Å²) in [6.45, 7) is 1.80. The predicted octanol–water partition coefficient (Wildman–Crippen LogP) is 4.24. The van der Waals surface area contributed by atoms with Crippen molar-refractivity contribution in [2.75, 3.05) is 19.6 Å². The summed E-state index contributed by atoms with van der Waals surface area (Å²) in [5, 5.41) is 3.23. The number of hydrogen-bond donors (Lipinski definition) is 1. The zero-order valence-corrected chi connectivity index (χ0v) is 18.0. The number of piperidine rings is 1. The van der Waals surface area contributed by atoms with E-state index in [1.807, 2.05) is 6.07 Å². The van der Waals surface area contributed by atoms with Crippen LogP contribution in [-0.2, 0) is 21.4 Å². The standard InChI is InChI=1S/C26H31FN2O2/c27-23-12-10-20(11-13-23)17-24(30)29-16-6-7-21(18-29)25(31)28-19-26(14-4-5-15-26)22-8-2-1-3-9-22/h1-3,8-13,21H,4-7,14-19H2,(H,28,31). The van der Waals surface area contributed by atoms with Gasteiger partial charge in [0.05, 0.1) is 12.3 Å². The average molecular weight is 423 g/mol. The molecule has 0 aromatic heterocycles. The highest BCUT2D eigenvalue weighted by Crippen LogP contribution is 2.40. The minimum atomic E-state index is -0.304. The van der Waals surface area contributed by atoms with Gasteiger partial charge in [0.25, 0.3) is 0 Å². The third kappa shape index (κ3) is 5.15. The van der Waals surface area contributed by atoms with Crippen molar-refractivity contribution >= 4 is 11.8 Å². The molecule has 2 aromatic rings. The van der Waals surface area contributed by atoms with Crippen molar-refractivity contribution < 1.29 is 14.0 Å². The van der Waals surface area contributed by atoms with Gasteiger partial charge in [-0.1, -0.05) is 55.3 Å². The minimum absolute atomic E-state index is 0.000608. The summed E-state index contributed by atoms with van der Waals surface area (Å²) in [7, 11) is 0. The Hall–Kier alpha value is -2.69. The Morgan fingerprint density at radius 1 is 1.00 bits per heavy atom. The highest BCUT2D eigenvalue weighted by atomic mass is 19.1. The van der Waals surface area contributed by atoms with Crippen molar-refractivity contribution in [1.29, 1.82) is 0 Å². The lowest BCUT2D eigenvalue weighted by Gasteiger charge is -2.34. The SMILES string of the molecule is O=C(NCC1(c2ccccc2)CCCC1)C1CCCN(C(=O)Cc2ccc(F)cc2)C1. The van der Waals surface area contributed by atoms with Crippen molar-refractivity contribution in [3.63, 3.8) is 0 Å². The van der Waals surface area contributed by atoms with E-state index in [0.717, 1.165) is 31.2 Å². The van der Waals surface area contributed by atoms with E-state index in [-0.39, 0.29) is 35.4 Å². The molecule has 164 valence electrons. The van der Waals surface area contributed by atoms with Gasteiger partial charge in [-0.3, -0.25) is 9.59 Å². The van der Waals surface area contributed by atoms with Gasteiger partial charge in [0.2, 0.25) is 11.8 Å². The van der Waals surface area contributed by atoms with Crippen molar-refractivity contribution in [1.82, 2.24) is 10.2 Å². The zero-order chi connectivity index (χ0) is 21.7. The van der Waals surface area contributed by atoms with Gasteiger partial charge in [0.1, 0.15) is 5.82 Å². The Balaban J connectivity index is 1.34. The molecule has 31 heavy (non-hydrogen) atoms. The van der Waals surface area contributed by atoms with Crippen LogP contribution in [0, 0.1) is 11.7 Å². The maximum absolute atomic E-state index is 13.1. The first-order valence-corrected chi connectivity index (χ1v) is 11.4. The lowest BCUT2D eigenvalue weighted by molar-refractivity contribution is -0.135. The van der Waals surface area contributed by atoms with Crippen LogP contribution >= 0.6 is 0 Å². The molecule has 5 heteroatoms. The van der Waals surface area contributed by atoms with Crippen molar-refractivity contribution in [2.45, 2.75) is 50.4 Å². The summed E-state index contributed by atoms with van der Waals surface area (Å²) in [6, 6.07) is 16.6. The molecule has 2 fully saturated rings. The number of carbonyl (C=O) groups excluding carboxylic acids is 2. The number of benzene rings is 2. The third-order valence-electron chi connectivity index (χ3n) is 6.96. The molecule has 2 aliphatic rings. The van der Waals surface area contributed by atoms with Crippen molar-refractivity contribution in [2.24, 2.45) is 5.92 Å². The highest BCUT2D eigenvalue weighted by molar-refractivity contribution is 5.82. The van der Waals surface area contributed by atoms with Crippen LogP contribution in [0.1, 0.15) is 49.7 Å². The molecule has 1 saturated heterocycles. The Kier molecular flexibility index (Phi) is 6.69. The fourth-order valence-corrected chi connectivity index (χ4v) is 5.12. The fraction of sp³-hybridized carbons (Fsp3) is 0.462. The lowest BCUT2D eigenvalue weighted by Crippen LogP contribution is -2.48. The highest BCUT2D eigenvalue weighted by Gasteiger charge is 2.37. The number of hydrogen-bond acceptors (Lipinski definition) is 2. The van der Waals surface area contributed by atoms with Crippen LogP contribution in [0.25, 0.3) is 0 Å². The summed E-state index contributed by atoms with van der Waals surface area (Å²) in [6.07, 6.45) is 6.47. The van der Waals surface area contributed by atoms with Gasteiger partial charge in [-0.2, -0.15) is 0 Å². The van der Waals surface area contributed by atoms with E-state index in [4.69, 9.17) is 0 Å². The molecular formula is C26H31FN2O2. The number of likely N-dealkylation sites (tertiary alicyclic amines) is 1. The molecule has 1 heterocycles. The Labute approximate surface area is 183 Å². The van der Waals surface area contributed by atoms with E-state index in [0.29, 0.717) is 19.6 Å². The zero-order valence-electron chi connectivity index (χ0n) is 18.0. The van der Waals surface area contributed by atoms with Crippen molar-refractivity contribution in [3.8, 4) is 0 Å². The molecule has 4 rings (SSSR count). The number of carbonyl (C=O) groups is 2. The number of amides is 2. The molecule has 1 atom stereocenters. The Morgan fingerprint density at radius 3 is 2.42 bits per heavy atom. The van der Waals surface area contributed by atoms with Crippen LogP contribution < -0.4 is 5.32 Å². The van der Waals surface area contributed by atoms with Crippen LogP contribution in [0.4, 0.5) is 4.39 Å². The second-order valence-corrected chi connectivity index (χ2v) is 9.05. The normalized spacial score (nSPS) is 20.4. The van der Waals surface area contributed by atoms with Gasteiger partial charge in [-0.25, -0.2) is 4.39 Å². The van der Waals surface area contributed by atoms with Crippen molar-refractivity contribution in [3.05, 3.63) is 71.5 Å². The van der Waals surface area contributed by atoms with E-state index in [1.54, 1.807) is 17.0 Å². The van der Waals surface area contributed by atoms with Gasteiger partial charge in [-0.15, -0.1) is 0 Å². The molecule has 1 aliphatic heterocycles. The van der Waals surface area contributed by atoms with Gasteiger partial charge in [-0.05, 0) is 48.9 Å². The van der Waals surface area contributed by atoms with Gasteiger partial charge < -0.3 is 10.2 Å². The molecule has 1 N–H and O–H groups in total. The average Bonchev–Trinajstić information content (AvgIpc) is 3.30. The summed E-state index contributed by atoms with van der Waals surface area (Å²) < 4.78 is 13.1. The van der Waals surface area contributed by atoms with E-state index >= 15 is 0 Å². The van der Waals surface area contributed by atoms with Crippen LogP contribution in [0.15, 0.2) is 54.6 Å². The molecule has 4 nitrogen and oxygen atoms in total. The lowest BCUT2D eigenvalue weighted by atomic mass is 9.78. The predicted molar refractivity (Wildman–Crippen MR) is 119 cm³/mol. The third-order valence-corrected chi connectivity index (χ3v) is 6.96. The van der Waals surface area contributed by atoms with E-state index in [9.17, 15) is 14.0 Å². The Bertz CT molecular complexity index is 891. The van der Waals surface area contributed by atoms with Crippen LogP contribution in [-0.4, -0.2) is 36.3 Å². The number of rotatable bonds is 6. The van der Waals surface area contributed by atoms with Crippen LogP contribution in [0.2, 0.25) is 0 Å². The van der Waals surface area contributed by atoms with Crippen LogP contribution in [0.5, 0.6) is 0 Å². The summed E-state index contributed by atoms with van der Waals surface area (Å²) >= 11 is 0. The molecule has 2 amide bonds. The monoisotopic (exact) mass is 422 g/mol. The number of halogens is 1. The second kappa shape index (κ2) is 9.63. The maximum atomic E-state index is 13.1. The van der Waals surface area contributed by atoms with E-state index < -0.39 is 0 Å². The summed E-state index contributed by atoms with van der Waals surface area (Å²) in [4.78, 5) is 27.5. The first-order valence-electron chi connectivity index (χ1n) is 11.4. The first kappa shape index (κ1) is 21.5. The molecular weight excluding hydrogens is 391 g/mol. The first-order chi connectivity index (χ1) is 15.1. The molecule has 1 unspecified atom stereocenters. The minimum Gasteiger partial charge on any atom is -0.355 e. The smallest absolute Gasteiger partial charge is 0.227 e.